The number of benzene rings is 2. The molecular weight excluding hydrogens is 418 g/mol. The van der Waals surface area contributed by atoms with Gasteiger partial charge in [0.2, 0.25) is 5.91 Å². The summed E-state index contributed by atoms with van der Waals surface area (Å²) in [5, 5.41) is 12.7. The van der Waals surface area contributed by atoms with E-state index >= 15 is 0 Å². The number of methoxy groups -OCH3 is 1. The number of carbonyl (C=O) groups is 1. The minimum absolute atomic E-state index is 0.138. The molecule has 1 N–H and O–H groups in total. The van der Waals surface area contributed by atoms with Gasteiger partial charge in [-0.2, -0.15) is 0 Å². The lowest BCUT2D eigenvalue weighted by Crippen LogP contribution is -2.13. The van der Waals surface area contributed by atoms with Gasteiger partial charge < -0.3 is 14.5 Å². The average Bonchev–Trinajstić information content (AvgIpc) is 3.31. The van der Waals surface area contributed by atoms with E-state index in [4.69, 9.17) is 20.8 Å². The van der Waals surface area contributed by atoms with E-state index in [0.717, 1.165) is 26.7 Å². The van der Waals surface area contributed by atoms with E-state index in [1.54, 1.807) is 25.3 Å². The molecule has 1 amide bonds. The van der Waals surface area contributed by atoms with Crippen molar-refractivity contribution in [2.75, 3.05) is 18.2 Å². The van der Waals surface area contributed by atoms with Gasteiger partial charge in [-0.05, 0) is 18.2 Å². The second kappa shape index (κ2) is 8.22. The highest BCUT2D eigenvalue weighted by Gasteiger charge is 2.18. The first-order valence-electron chi connectivity index (χ1n) is 8.21. The summed E-state index contributed by atoms with van der Waals surface area (Å²) in [6.07, 6.45) is 0. The van der Waals surface area contributed by atoms with Crippen LogP contribution in [0.1, 0.15) is 0 Å². The smallest absolute Gasteiger partial charge is 0.277 e. The lowest BCUT2D eigenvalue weighted by molar-refractivity contribution is -0.113. The first-order chi connectivity index (χ1) is 13.6. The minimum atomic E-state index is -0.183. The van der Waals surface area contributed by atoms with Crippen molar-refractivity contribution < 1.29 is 13.9 Å². The second-order valence-electron chi connectivity index (χ2n) is 5.68. The quantitative estimate of drug-likeness (QED) is 0.415. The molecule has 0 spiro atoms. The molecule has 0 fully saturated rings. The van der Waals surface area contributed by atoms with Gasteiger partial charge >= 0.3 is 0 Å². The lowest BCUT2D eigenvalue weighted by Gasteiger charge is -2.05. The molecule has 0 atom stereocenters. The van der Waals surface area contributed by atoms with Gasteiger partial charge in [0.15, 0.2) is 0 Å². The summed E-state index contributed by atoms with van der Waals surface area (Å²) < 4.78 is 11.9. The Bertz CT molecular complexity index is 1140. The van der Waals surface area contributed by atoms with E-state index < -0.39 is 0 Å². The highest BCUT2D eigenvalue weighted by atomic mass is 35.5. The molecule has 0 aliphatic carbocycles. The molecule has 0 bridgehead atoms. The molecule has 2 heterocycles. The van der Waals surface area contributed by atoms with E-state index in [0.29, 0.717) is 27.6 Å². The van der Waals surface area contributed by atoms with Gasteiger partial charge in [-0.25, -0.2) is 0 Å². The molecule has 9 heteroatoms. The van der Waals surface area contributed by atoms with Crippen molar-refractivity contribution in [1.82, 2.24) is 10.2 Å². The number of hydrogen-bond donors (Lipinski definition) is 1. The van der Waals surface area contributed by atoms with Crippen LogP contribution >= 0.6 is 34.7 Å². The summed E-state index contributed by atoms with van der Waals surface area (Å²) in [5.74, 6) is 0.978. The fourth-order valence-corrected chi connectivity index (χ4v) is 4.53. The van der Waals surface area contributed by atoms with Crippen molar-refractivity contribution >= 4 is 56.4 Å². The van der Waals surface area contributed by atoms with Crippen LogP contribution in [0.5, 0.6) is 5.75 Å². The molecule has 2 aromatic heterocycles. The summed E-state index contributed by atoms with van der Waals surface area (Å²) in [5.41, 5.74) is 0.660. The predicted octanol–water partition coefficient (Wildman–Crippen LogP) is 5.34. The molecular formula is C19H14ClN3O3S2. The summed E-state index contributed by atoms with van der Waals surface area (Å²) in [6, 6.07) is 15.0. The van der Waals surface area contributed by atoms with Crippen molar-refractivity contribution in [2.24, 2.45) is 0 Å². The number of thiophene rings is 1. The minimum Gasteiger partial charge on any atom is -0.497 e. The standard InChI is InChI=1S/C19H14ClN3O3S2/c1-25-12-6-4-5-11(9-12)21-15(24)10-27-19-23-22-18(26-19)17-16(20)13-7-2-3-8-14(13)28-17/h2-9H,10H2,1H3,(H,21,24). The maximum atomic E-state index is 12.2. The Hall–Kier alpha value is -2.55. The molecule has 0 aliphatic rings. The van der Waals surface area contributed by atoms with Gasteiger partial charge in [0.05, 0.1) is 17.9 Å². The fourth-order valence-electron chi connectivity index (χ4n) is 2.54. The maximum Gasteiger partial charge on any atom is 0.277 e. The zero-order chi connectivity index (χ0) is 19.5. The van der Waals surface area contributed by atoms with Crippen LogP contribution < -0.4 is 10.1 Å². The van der Waals surface area contributed by atoms with Gasteiger partial charge in [0.1, 0.15) is 10.6 Å². The van der Waals surface area contributed by atoms with Crippen LogP contribution in [0.3, 0.4) is 0 Å². The normalized spacial score (nSPS) is 10.9. The number of hydrogen-bond acceptors (Lipinski definition) is 7. The van der Waals surface area contributed by atoms with E-state index in [2.05, 4.69) is 15.5 Å². The molecule has 0 radical (unpaired) electrons. The van der Waals surface area contributed by atoms with Gasteiger partial charge in [0, 0.05) is 21.8 Å². The number of carbonyl (C=O) groups excluding carboxylic acids is 1. The Morgan fingerprint density at radius 1 is 1.25 bits per heavy atom. The number of aromatic nitrogens is 2. The Morgan fingerprint density at radius 2 is 2.11 bits per heavy atom. The third-order valence-electron chi connectivity index (χ3n) is 3.82. The van der Waals surface area contributed by atoms with Gasteiger partial charge in [-0.15, -0.1) is 21.5 Å². The topological polar surface area (TPSA) is 77.2 Å². The number of nitrogens with zero attached hydrogens (tertiary/aromatic N) is 2. The van der Waals surface area contributed by atoms with Crippen molar-refractivity contribution in [2.45, 2.75) is 5.22 Å². The first-order valence-corrected chi connectivity index (χ1v) is 10.4. The monoisotopic (exact) mass is 431 g/mol. The van der Waals surface area contributed by atoms with Crippen LogP contribution in [0, 0.1) is 0 Å². The Morgan fingerprint density at radius 3 is 2.93 bits per heavy atom. The molecule has 6 nitrogen and oxygen atoms in total. The Balaban J connectivity index is 1.42. The van der Waals surface area contributed by atoms with Crippen LogP contribution in [0.15, 0.2) is 58.2 Å². The molecule has 0 saturated carbocycles. The number of anilines is 1. The van der Waals surface area contributed by atoms with Crippen LogP contribution in [0.25, 0.3) is 20.9 Å². The number of ether oxygens (including phenoxy) is 1. The summed E-state index contributed by atoms with van der Waals surface area (Å²) in [6.45, 7) is 0. The third kappa shape index (κ3) is 3.99. The largest absolute Gasteiger partial charge is 0.497 e. The summed E-state index contributed by atoms with van der Waals surface area (Å²) >= 11 is 9.10. The van der Waals surface area contributed by atoms with Gasteiger partial charge in [0.25, 0.3) is 11.1 Å². The van der Waals surface area contributed by atoms with Crippen LogP contribution in [-0.2, 0) is 4.79 Å². The van der Waals surface area contributed by atoms with E-state index in [1.165, 1.54) is 11.3 Å². The van der Waals surface area contributed by atoms with Crippen molar-refractivity contribution in [3.8, 4) is 16.5 Å². The SMILES string of the molecule is COc1cccc(NC(=O)CSc2nnc(-c3sc4ccccc4c3Cl)o2)c1. The number of halogens is 1. The highest BCUT2D eigenvalue weighted by molar-refractivity contribution is 7.99. The summed E-state index contributed by atoms with van der Waals surface area (Å²) in [7, 11) is 1.58. The van der Waals surface area contributed by atoms with Crippen LogP contribution in [-0.4, -0.2) is 29.0 Å². The molecule has 2 aromatic carbocycles. The number of nitrogens with one attached hydrogen (secondary N) is 1. The lowest BCUT2D eigenvalue weighted by atomic mass is 10.2. The number of thioether (sulfide) groups is 1. The van der Waals surface area contributed by atoms with Gasteiger partial charge in [-0.1, -0.05) is 47.6 Å². The molecule has 142 valence electrons. The molecule has 0 unspecified atom stereocenters. The third-order valence-corrected chi connectivity index (χ3v) is 6.30. The zero-order valence-electron chi connectivity index (χ0n) is 14.6. The van der Waals surface area contributed by atoms with Crippen molar-refractivity contribution in [1.29, 1.82) is 0 Å². The molecule has 28 heavy (non-hydrogen) atoms. The maximum absolute atomic E-state index is 12.2. The van der Waals surface area contributed by atoms with Crippen LogP contribution in [0.2, 0.25) is 5.02 Å². The second-order valence-corrected chi connectivity index (χ2v) is 8.04. The number of rotatable bonds is 6. The summed E-state index contributed by atoms with van der Waals surface area (Å²) in [4.78, 5) is 12.9. The van der Waals surface area contributed by atoms with Crippen LogP contribution in [0.4, 0.5) is 5.69 Å². The predicted molar refractivity (Wildman–Crippen MR) is 112 cm³/mol. The number of amides is 1. The Labute approximate surface area is 173 Å². The molecule has 0 saturated heterocycles. The first kappa shape index (κ1) is 18.8. The molecule has 4 aromatic rings. The average molecular weight is 432 g/mol. The van der Waals surface area contributed by atoms with Gasteiger partial charge in [-0.3, -0.25) is 4.79 Å². The van der Waals surface area contributed by atoms with E-state index in [-0.39, 0.29) is 11.7 Å². The Kier molecular flexibility index (Phi) is 5.52. The van der Waals surface area contributed by atoms with E-state index in [9.17, 15) is 4.79 Å². The highest BCUT2D eigenvalue weighted by Crippen LogP contribution is 2.41. The number of fused-ring (bicyclic) bond motifs is 1. The van der Waals surface area contributed by atoms with Crippen molar-refractivity contribution in [3.63, 3.8) is 0 Å². The molecule has 4 rings (SSSR count). The zero-order valence-corrected chi connectivity index (χ0v) is 17.0. The van der Waals surface area contributed by atoms with Crippen molar-refractivity contribution in [3.05, 3.63) is 53.6 Å². The fraction of sp³-hybridized carbons (Fsp3) is 0.105. The van der Waals surface area contributed by atoms with E-state index in [1.807, 2.05) is 30.3 Å². The molecule has 0 aliphatic heterocycles.